The molecule has 1 aliphatic heterocycles. The van der Waals surface area contributed by atoms with Crippen molar-refractivity contribution < 1.29 is 4.79 Å². The first-order valence-corrected chi connectivity index (χ1v) is 7.44. The Labute approximate surface area is 107 Å². The molecule has 0 bridgehead atoms. The molecule has 0 N–H and O–H groups in total. The highest BCUT2D eigenvalue weighted by Gasteiger charge is 2.36. The van der Waals surface area contributed by atoms with Gasteiger partial charge in [0, 0.05) is 23.8 Å². The van der Waals surface area contributed by atoms with Gasteiger partial charge in [0.25, 0.3) is 0 Å². The standard InChI is InChI=1S/C13H22BrNO/c1-9(11-3-4-11)13(16)15-7-5-12(6-8-15)10(2)14/h9-12H,3-8H2,1-2H3. The van der Waals surface area contributed by atoms with E-state index in [2.05, 4.69) is 34.7 Å². The Bertz CT molecular complexity index is 255. The molecular formula is C13H22BrNO. The van der Waals surface area contributed by atoms with Gasteiger partial charge >= 0.3 is 0 Å². The number of alkyl halides is 1. The molecule has 2 rings (SSSR count). The summed E-state index contributed by atoms with van der Waals surface area (Å²) in [5.74, 6) is 2.13. The van der Waals surface area contributed by atoms with Gasteiger partial charge in [-0.3, -0.25) is 4.79 Å². The summed E-state index contributed by atoms with van der Waals surface area (Å²) in [7, 11) is 0. The van der Waals surface area contributed by atoms with E-state index in [1.165, 1.54) is 12.8 Å². The quantitative estimate of drug-likeness (QED) is 0.731. The normalized spacial score (nSPS) is 26.6. The van der Waals surface area contributed by atoms with E-state index >= 15 is 0 Å². The van der Waals surface area contributed by atoms with Gasteiger partial charge in [0.1, 0.15) is 0 Å². The van der Waals surface area contributed by atoms with Crippen molar-refractivity contribution in [2.45, 2.75) is 44.4 Å². The van der Waals surface area contributed by atoms with Gasteiger partial charge in [0.15, 0.2) is 0 Å². The summed E-state index contributed by atoms with van der Waals surface area (Å²) in [4.78, 5) is 14.9. The lowest BCUT2D eigenvalue weighted by atomic mass is 9.93. The van der Waals surface area contributed by atoms with Crippen LogP contribution in [0, 0.1) is 17.8 Å². The van der Waals surface area contributed by atoms with Gasteiger partial charge < -0.3 is 4.90 Å². The summed E-state index contributed by atoms with van der Waals surface area (Å²) in [6, 6.07) is 0. The van der Waals surface area contributed by atoms with Crippen LogP contribution in [0.3, 0.4) is 0 Å². The predicted molar refractivity (Wildman–Crippen MR) is 69.6 cm³/mol. The van der Waals surface area contributed by atoms with Crippen LogP contribution < -0.4 is 0 Å². The number of amides is 1. The monoisotopic (exact) mass is 287 g/mol. The largest absolute Gasteiger partial charge is 0.342 e. The Balaban J connectivity index is 1.81. The van der Waals surface area contributed by atoms with Crippen LogP contribution in [0.15, 0.2) is 0 Å². The van der Waals surface area contributed by atoms with Gasteiger partial charge in [-0.05, 0) is 37.5 Å². The smallest absolute Gasteiger partial charge is 0.225 e. The number of halogens is 1. The van der Waals surface area contributed by atoms with Crippen LogP contribution >= 0.6 is 15.9 Å². The molecule has 0 aromatic rings. The first-order valence-electron chi connectivity index (χ1n) is 6.52. The zero-order valence-electron chi connectivity index (χ0n) is 10.3. The first-order chi connectivity index (χ1) is 7.59. The second-order valence-electron chi connectivity index (χ2n) is 5.47. The third-order valence-corrected chi connectivity index (χ3v) is 4.97. The summed E-state index contributed by atoms with van der Waals surface area (Å²) in [5.41, 5.74) is 0. The maximum Gasteiger partial charge on any atom is 0.225 e. The van der Waals surface area contributed by atoms with Gasteiger partial charge in [0.2, 0.25) is 5.91 Å². The third kappa shape index (κ3) is 2.79. The topological polar surface area (TPSA) is 20.3 Å². The highest BCUT2D eigenvalue weighted by atomic mass is 79.9. The number of carbonyl (C=O) groups is 1. The van der Waals surface area contributed by atoms with Crippen molar-refractivity contribution in [3.63, 3.8) is 0 Å². The average molecular weight is 288 g/mol. The van der Waals surface area contributed by atoms with Crippen LogP contribution in [0.1, 0.15) is 39.5 Å². The molecule has 1 aliphatic carbocycles. The van der Waals surface area contributed by atoms with Crippen LogP contribution in [-0.4, -0.2) is 28.7 Å². The summed E-state index contributed by atoms with van der Waals surface area (Å²) in [6.07, 6.45) is 4.86. The molecule has 0 aromatic carbocycles. The van der Waals surface area contributed by atoms with Crippen LogP contribution in [0.2, 0.25) is 0 Å². The fourth-order valence-corrected chi connectivity index (χ4v) is 3.19. The van der Waals surface area contributed by atoms with E-state index in [9.17, 15) is 4.79 Å². The summed E-state index contributed by atoms with van der Waals surface area (Å²) in [5, 5.41) is 0. The minimum Gasteiger partial charge on any atom is -0.342 e. The number of nitrogens with zero attached hydrogens (tertiary/aromatic N) is 1. The van der Waals surface area contributed by atoms with Crippen molar-refractivity contribution in [3.8, 4) is 0 Å². The van der Waals surface area contributed by atoms with Crippen molar-refractivity contribution in [2.75, 3.05) is 13.1 Å². The van der Waals surface area contributed by atoms with E-state index in [0.717, 1.165) is 31.8 Å². The van der Waals surface area contributed by atoms with Gasteiger partial charge in [-0.25, -0.2) is 0 Å². The molecule has 0 spiro atoms. The third-order valence-electron chi connectivity index (χ3n) is 4.22. The lowest BCUT2D eigenvalue weighted by molar-refractivity contribution is -0.137. The van der Waals surface area contributed by atoms with Crippen LogP contribution in [0.25, 0.3) is 0 Å². The number of hydrogen-bond donors (Lipinski definition) is 0. The van der Waals surface area contributed by atoms with Crippen molar-refractivity contribution in [1.29, 1.82) is 0 Å². The number of carbonyl (C=O) groups excluding carboxylic acids is 1. The Morgan fingerprint density at radius 3 is 2.12 bits per heavy atom. The zero-order chi connectivity index (χ0) is 11.7. The molecule has 2 atom stereocenters. The van der Waals surface area contributed by atoms with Crippen molar-refractivity contribution in [3.05, 3.63) is 0 Å². The molecule has 1 saturated heterocycles. The number of rotatable bonds is 3. The minimum absolute atomic E-state index is 0.276. The van der Waals surface area contributed by atoms with E-state index < -0.39 is 0 Å². The molecule has 0 aromatic heterocycles. The first kappa shape index (κ1) is 12.4. The van der Waals surface area contributed by atoms with E-state index in [1.807, 2.05) is 0 Å². The highest BCUT2D eigenvalue weighted by molar-refractivity contribution is 9.09. The Morgan fingerprint density at radius 1 is 1.12 bits per heavy atom. The van der Waals surface area contributed by atoms with E-state index in [-0.39, 0.29) is 5.92 Å². The molecule has 2 unspecified atom stereocenters. The fraction of sp³-hybridized carbons (Fsp3) is 0.923. The lowest BCUT2D eigenvalue weighted by Gasteiger charge is -2.34. The number of piperidine rings is 1. The van der Waals surface area contributed by atoms with Crippen molar-refractivity contribution >= 4 is 21.8 Å². The molecule has 1 amide bonds. The van der Waals surface area contributed by atoms with Crippen LogP contribution in [-0.2, 0) is 4.79 Å². The second kappa shape index (κ2) is 5.07. The maximum absolute atomic E-state index is 12.2. The molecule has 1 saturated carbocycles. The molecular weight excluding hydrogens is 266 g/mol. The zero-order valence-corrected chi connectivity index (χ0v) is 11.9. The van der Waals surface area contributed by atoms with E-state index in [4.69, 9.17) is 0 Å². The SMILES string of the molecule is CC(Br)C1CCN(C(=O)C(C)C2CC2)CC1. The highest BCUT2D eigenvalue weighted by Crippen LogP contribution is 2.38. The summed E-state index contributed by atoms with van der Waals surface area (Å²) >= 11 is 3.65. The van der Waals surface area contributed by atoms with Crippen LogP contribution in [0.4, 0.5) is 0 Å². The molecule has 2 aliphatic rings. The summed E-state index contributed by atoms with van der Waals surface area (Å²) < 4.78 is 0. The second-order valence-corrected chi connectivity index (χ2v) is 6.91. The van der Waals surface area contributed by atoms with Crippen molar-refractivity contribution in [2.24, 2.45) is 17.8 Å². The molecule has 92 valence electrons. The molecule has 3 heteroatoms. The Morgan fingerprint density at radius 2 is 1.69 bits per heavy atom. The van der Waals surface area contributed by atoms with Gasteiger partial charge in [-0.1, -0.05) is 29.8 Å². The predicted octanol–water partition coefficient (Wildman–Crippen LogP) is 3.05. The van der Waals surface area contributed by atoms with Gasteiger partial charge in [-0.2, -0.15) is 0 Å². The molecule has 16 heavy (non-hydrogen) atoms. The summed E-state index contributed by atoms with van der Waals surface area (Å²) in [6.45, 7) is 6.27. The number of hydrogen-bond acceptors (Lipinski definition) is 1. The van der Waals surface area contributed by atoms with E-state index in [0.29, 0.717) is 16.7 Å². The molecule has 2 fully saturated rings. The molecule has 2 nitrogen and oxygen atoms in total. The lowest BCUT2D eigenvalue weighted by Crippen LogP contribution is -2.42. The van der Waals surface area contributed by atoms with Crippen molar-refractivity contribution in [1.82, 2.24) is 4.90 Å². The minimum atomic E-state index is 0.276. The van der Waals surface area contributed by atoms with Gasteiger partial charge in [0.05, 0.1) is 0 Å². The molecule has 0 radical (unpaired) electrons. The Hall–Kier alpha value is -0.0500. The van der Waals surface area contributed by atoms with E-state index in [1.54, 1.807) is 0 Å². The molecule has 1 heterocycles. The fourth-order valence-electron chi connectivity index (χ4n) is 2.67. The van der Waals surface area contributed by atoms with Crippen LogP contribution in [0.5, 0.6) is 0 Å². The maximum atomic E-state index is 12.2. The van der Waals surface area contributed by atoms with Gasteiger partial charge in [-0.15, -0.1) is 0 Å². The number of likely N-dealkylation sites (tertiary alicyclic amines) is 1. The Kier molecular flexibility index (Phi) is 3.93. The average Bonchev–Trinajstić information content (AvgIpc) is 3.11.